The van der Waals surface area contributed by atoms with Crippen LogP contribution in [0.25, 0.3) is 0 Å². The molecular formula is C12H12F3IO2. The summed E-state index contributed by atoms with van der Waals surface area (Å²) in [5, 5.41) is 0. The van der Waals surface area contributed by atoms with Crippen LogP contribution in [-0.2, 0) is 4.74 Å². The van der Waals surface area contributed by atoms with Gasteiger partial charge in [-0.15, -0.1) is 0 Å². The second kappa shape index (κ2) is 6.40. The lowest BCUT2D eigenvalue weighted by Crippen LogP contribution is -2.12. The third-order valence-corrected chi connectivity index (χ3v) is 3.04. The van der Waals surface area contributed by atoms with Gasteiger partial charge in [-0.05, 0) is 41.0 Å². The fourth-order valence-corrected chi connectivity index (χ4v) is 1.73. The lowest BCUT2D eigenvalue weighted by molar-refractivity contribution is 0.0481. The zero-order valence-electron chi connectivity index (χ0n) is 9.90. The first-order valence-corrected chi connectivity index (χ1v) is 6.42. The third-order valence-electron chi connectivity index (χ3n) is 2.25. The second-order valence-electron chi connectivity index (χ2n) is 4.17. The largest absolute Gasteiger partial charge is 0.462 e. The van der Waals surface area contributed by atoms with Crippen LogP contribution in [0.15, 0.2) is 6.07 Å². The molecule has 18 heavy (non-hydrogen) atoms. The highest BCUT2D eigenvalue weighted by atomic mass is 127. The van der Waals surface area contributed by atoms with Gasteiger partial charge in [-0.2, -0.15) is 0 Å². The summed E-state index contributed by atoms with van der Waals surface area (Å²) < 4.78 is 44.1. The van der Waals surface area contributed by atoms with E-state index < -0.39 is 29.0 Å². The molecule has 0 radical (unpaired) electrons. The van der Waals surface area contributed by atoms with Crippen LogP contribution in [0.3, 0.4) is 0 Å². The summed E-state index contributed by atoms with van der Waals surface area (Å²) in [6.45, 7) is 4.00. The van der Waals surface area contributed by atoms with Crippen molar-refractivity contribution < 1.29 is 22.7 Å². The average molecular weight is 372 g/mol. The van der Waals surface area contributed by atoms with Crippen LogP contribution in [0, 0.1) is 26.9 Å². The highest BCUT2D eigenvalue weighted by Gasteiger charge is 2.22. The van der Waals surface area contributed by atoms with E-state index in [9.17, 15) is 18.0 Å². The van der Waals surface area contributed by atoms with E-state index in [2.05, 4.69) is 0 Å². The van der Waals surface area contributed by atoms with Gasteiger partial charge in [0.2, 0.25) is 0 Å². The van der Waals surface area contributed by atoms with Crippen molar-refractivity contribution in [1.82, 2.24) is 0 Å². The van der Waals surface area contributed by atoms with E-state index in [1.807, 2.05) is 13.8 Å². The molecule has 0 aliphatic rings. The fourth-order valence-electron chi connectivity index (χ4n) is 1.19. The molecule has 0 aromatic heterocycles. The van der Waals surface area contributed by atoms with Gasteiger partial charge in [0.15, 0.2) is 17.5 Å². The highest BCUT2D eigenvalue weighted by molar-refractivity contribution is 14.1. The van der Waals surface area contributed by atoms with Crippen molar-refractivity contribution in [2.45, 2.75) is 20.3 Å². The smallest absolute Gasteiger partial charge is 0.341 e. The second-order valence-corrected chi connectivity index (χ2v) is 5.33. The zero-order valence-corrected chi connectivity index (χ0v) is 12.1. The zero-order chi connectivity index (χ0) is 13.9. The number of ether oxygens (including phenoxy) is 1. The number of halogens is 4. The number of hydrogen-bond donors (Lipinski definition) is 0. The SMILES string of the molecule is CC(C)CCOC(=O)c1cc(I)c(F)c(F)c1F. The highest BCUT2D eigenvalue weighted by Crippen LogP contribution is 2.21. The summed E-state index contributed by atoms with van der Waals surface area (Å²) in [5.74, 6) is -5.12. The van der Waals surface area contributed by atoms with Gasteiger partial charge in [-0.3, -0.25) is 0 Å². The van der Waals surface area contributed by atoms with E-state index in [0.29, 0.717) is 12.3 Å². The lowest BCUT2D eigenvalue weighted by Gasteiger charge is -2.08. The molecule has 0 N–H and O–H groups in total. The number of benzene rings is 1. The molecule has 100 valence electrons. The number of esters is 1. The average Bonchev–Trinajstić information content (AvgIpc) is 2.30. The predicted octanol–water partition coefficient (Wildman–Crippen LogP) is 3.91. The Bertz CT molecular complexity index is 461. The lowest BCUT2D eigenvalue weighted by atomic mass is 10.1. The molecule has 0 amide bonds. The summed E-state index contributed by atoms with van der Waals surface area (Å²) in [4.78, 5) is 11.5. The minimum atomic E-state index is -1.65. The Morgan fingerprint density at radius 1 is 1.28 bits per heavy atom. The Morgan fingerprint density at radius 2 is 1.89 bits per heavy atom. The first-order valence-electron chi connectivity index (χ1n) is 5.34. The normalized spacial score (nSPS) is 10.8. The van der Waals surface area contributed by atoms with Crippen LogP contribution in [0.4, 0.5) is 13.2 Å². The Labute approximate surface area is 117 Å². The number of carbonyl (C=O) groups excluding carboxylic acids is 1. The third kappa shape index (κ3) is 3.60. The van der Waals surface area contributed by atoms with Crippen molar-refractivity contribution in [1.29, 1.82) is 0 Å². The minimum absolute atomic E-state index is 0.117. The Hall–Kier alpha value is -0.790. The van der Waals surface area contributed by atoms with Gasteiger partial charge in [0.25, 0.3) is 0 Å². The molecule has 0 bridgehead atoms. The summed E-state index contributed by atoms with van der Waals surface area (Å²) in [6.07, 6.45) is 0.619. The Morgan fingerprint density at radius 3 is 2.44 bits per heavy atom. The van der Waals surface area contributed by atoms with Crippen molar-refractivity contribution >= 4 is 28.6 Å². The number of carbonyl (C=O) groups is 1. The molecule has 0 saturated carbocycles. The van der Waals surface area contributed by atoms with E-state index >= 15 is 0 Å². The van der Waals surface area contributed by atoms with Gasteiger partial charge in [0, 0.05) is 0 Å². The van der Waals surface area contributed by atoms with Crippen LogP contribution in [-0.4, -0.2) is 12.6 Å². The van der Waals surface area contributed by atoms with Crippen molar-refractivity contribution in [2.24, 2.45) is 5.92 Å². The quantitative estimate of drug-likeness (QED) is 0.347. The molecule has 0 fully saturated rings. The van der Waals surface area contributed by atoms with Gasteiger partial charge >= 0.3 is 5.97 Å². The molecule has 1 rings (SSSR count). The summed E-state index contributed by atoms with van der Waals surface area (Å²) in [5.41, 5.74) is -0.581. The topological polar surface area (TPSA) is 26.3 Å². The van der Waals surface area contributed by atoms with Gasteiger partial charge in [0.05, 0.1) is 15.7 Å². The molecule has 2 nitrogen and oxygen atoms in total. The van der Waals surface area contributed by atoms with Crippen LogP contribution < -0.4 is 0 Å². The van der Waals surface area contributed by atoms with Crippen LogP contribution in [0.2, 0.25) is 0 Å². The maximum atomic E-state index is 13.4. The standard InChI is InChI=1S/C12H12F3IO2/c1-6(2)3-4-18-12(17)7-5-8(16)10(14)11(15)9(7)13/h5-6H,3-4H2,1-2H3. The molecule has 6 heteroatoms. The maximum absolute atomic E-state index is 13.4. The van der Waals surface area contributed by atoms with Crippen molar-refractivity contribution in [2.75, 3.05) is 6.61 Å². The van der Waals surface area contributed by atoms with E-state index in [1.54, 1.807) is 0 Å². The molecule has 0 atom stereocenters. The molecule has 0 saturated heterocycles. The van der Waals surface area contributed by atoms with E-state index in [1.165, 1.54) is 22.6 Å². The maximum Gasteiger partial charge on any atom is 0.341 e. The molecule has 0 spiro atoms. The predicted molar refractivity (Wildman–Crippen MR) is 68.8 cm³/mol. The molecule has 0 unspecified atom stereocenters. The van der Waals surface area contributed by atoms with Gasteiger partial charge < -0.3 is 4.74 Å². The molecule has 0 aliphatic heterocycles. The molecule has 1 aromatic carbocycles. The number of hydrogen-bond acceptors (Lipinski definition) is 2. The van der Waals surface area contributed by atoms with Crippen molar-refractivity contribution in [3.8, 4) is 0 Å². The van der Waals surface area contributed by atoms with Crippen LogP contribution in [0.5, 0.6) is 0 Å². The summed E-state index contributed by atoms with van der Waals surface area (Å²) >= 11 is 1.48. The van der Waals surface area contributed by atoms with Crippen LogP contribution >= 0.6 is 22.6 Å². The molecule has 0 aliphatic carbocycles. The summed E-state index contributed by atoms with van der Waals surface area (Å²) in [6, 6.07) is 0.937. The van der Waals surface area contributed by atoms with Gasteiger partial charge in [0.1, 0.15) is 0 Å². The number of rotatable bonds is 4. The van der Waals surface area contributed by atoms with Crippen molar-refractivity contribution in [3.05, 3.63) is 32.7 Å². The summed E-state index contributed by atoms with van der Waals surface area (Å²) in [7, 11) is 0. The fraction of sp³-hybridized carbons (Fsp3) is 0.417. The van der Waals surface area contributed by atoms with Gasteiger partial charge in [-0.25, -0.2) is 18.0 Å². The van der Waals surface area contributed by atoms with E-state index in [-0.39, 0.29) is 10.2 Å². The van der Waals surface area contributed by atoms with E-state index in [4.69, 9.17) is 4.74 Å². The molecule has 0 heterocycles. The van der Waals surface area contributed by atoms with Crippen LogP contribution in [0.1, 0.15) is 30.6 Å². The Kier molecular flexibility index (Phi) is 5.43. The monoisotopic (exact) mass is 372 g/mol. The van der Waals surface area contributed by atoms with E-state index in [0.717, 1.165) is 6.07 Å². The molecular weight excluding hydrogens is 360 g/mol. The first kappa shape index (κ1) is 15.3. The molecule has 1 aromatic rings. The van der Waals surface area contributed by atoms with Gasteiger partial charge in [-0.1, -0.05) is 13.8 Å². The van der Waals surface area contributed by atoms with Crippen molar-refractivity contribution in [3.63, 3.8) is 0 Å². The first-order chi connectivity index (χ1) is 8.34. The minimum Gasteiger partial charge on any atom is -0.462 e. The Balaban J connectivity index is 2.87.